The van der Waals surface area contributed by atoms with E-state index < -0.39 is 22.3 Å². The Bertz CT molecular complexity index is 902. The van der Waals surface area contributed by atoms with Gasteiger partial charge in [0.05, 0.1) is 5.69 Å². The van der Waals surface area contributed by atoms with Gasteiger partial charge in [-0.15, -0.1) is 0 Å². The number of aromatic amines is 1. The third-order valence-electron chi connectivity index (χ3n) is 3.18. The van der Waals surface area contributed by atoms with Crippen LogP contribution in [-0.2, 0) is 6.18 Å². The average molecular weight is 371 g/mol. The maximum absolute atomic E-state index is 13.3. The van der Waals surface area contributed by atoms with E-state index in [1.165, 1.54) is 0 Å². The molecule has 0 unspecified atom stereocenters. The zero-order chi connectivity index (χ0) is 17.3. The first-order valence-electron chi connectivity index (χ1n) is 6.77. The van der Waals surface area contributed by atoms with Crippen molar-refractivity contribution in [3.05, 3.63) is 75.7 Å². The highest BCUT2D eigenvalue weighted by atomic mass is 35.5. The van der Waals surface area contributed by atoms with E-state index in [4.69, 9.17) is 11.6 Å². The van der Waals surface area contributed by atoms with Crippen LogP contribution in [0.25, 0.3) is 5.69 Å². The van der Waals surface area contributed by atoms with E-state index in [0.29, 0.717) is 15.6 Å². The molecule has 0 spiro atoms. The fourth-order valence-electron chi connectivity index (χ4n) is 2.09. The zero-order valence-corrected chi connectivity index (χ0v) is 13.5. The van der Waals surface area contributed by atoms with Crippen LogP contribution in [0, 0.1) is 0 Å². The molecule has 0 fully saturated rings. The molecule has 0 atom stereocenters. The third kappa shape index (κ3) is 3.37. The molecule has 0 aliphatic rings. The van der Waals surface area contributed by atoms with Gasteiger partial charge in [0.15, 0.2) is 5.69 Å². The van der Waals surface area contributed by atoms with E-state index in [1.807, 2.05) is 0 Å². The molecule has 0 saturated carbocycles. The lowest BCUT2D eigenvalue weighted by Crippen LogP contribution is -2.15. The average Bonchev–Trinajstić information content (AvgIpc) is 2.88. The molecule has 3 nitrogen and oxygen atoms in total. The highest BCUT2D eigenvalue weighted by Gasteiger charge is 2.38. The van der Waals surface area contributed by atoms with Crippen LogP contribution < -0.4 is 5.56 Å². The van der Waals surface area contributed by atoms with Gasteiger partial charge in [-0.1, -0.05) is 41.6 Å². The number of hydrogen-bond donors (Lipinski definition) is 1. The van der Waals surface area contributed by atoms with Crippen LogP contribution in [-0.4, -0.2) is 9.78 Å². The fraction of sp³-hybridized carbons (Fsp3) is 0.0625. The molecular weight excluding hydrogens is 361 g/mol. The van der Waals surface area contributed by atoms with E-state index in [2.05, 4.69) is 5.10 Å². The lowest BCUT2D eigenvalue weighted by molar-refractivity contribution is -0.143. The Morgan fingerprint density at radius 1 is 1.00 bits per heavy atom. The first kappa shape index (κ1) is 16.7. The number of H-pyrrole nitrogens is 1. The van der Waals surface area contributed by atoms with E-state index in [1.54, 1.807) is 54.6 Å². The summed E-state index contributed by atoms with van der Waals surface area (Å²) in [5.41, 5.74) is -1.50. The second-order valence-electron chi connectivity index (χ2n) is 4.85. The van der Waals surface area contributed by atoms with E-state index in [-0.39, 0.29) is 0 Å². The standard InChI is InChI=1S/C16H10ClF3N2OS/c17-10-6-8-12(9-7-10)24-13-14(16(18,19)20)21-22(15(13)23)11-4-2-1-3-5-11/h1-9,21H. The maximum Gasteiger partial charge on any atom is 0.434 e. The summed E-state index contributed by atoms with van der Waals surface area (Å²) in [6, 6.07) is 14.3. The molecule has 0 aliphatic carbocycles. The second kappa shape index (κ2) is 6.41. The first-order valence-corrected chi connectivity index (χ1v) is 7.97. The summed E-state index contributed by atoms with van der Waals surface area (Å²) in [6.07, 6.45) is -4.67. The molecule has 3 aromatic rings. The van der Waals surface area contributed by atoms with Gasteiger partial charge >= 0.3 is 6.18 Å². The molecule has 2 aromatic carbocycles. The van der Waals surface area contributed by atoms with Crippen LogP contribution in [0.3, 0.4) is 0 Å². The van der Waals surface area contributed by atoms with Crippen molar-refractivity contribution in [2.75, 3.05) is 0 Å². The van der Waals surface area contributed by atoms with Gasteiger partial charge < -0.3 is 0 Å². The summed E-state index contributed by atoms with van der Waals surface area (Å²) in [6.45, 7) is 0. The summed E-state index contributed by atoms with van der Waals surface area (Å²) in [4.78, 5) is 12.6. The molecule has 8 heteroatoms. The number of benzene rings is 2. The number of nitrogens with one attached hydrogen (secondary N) is 1. The van der Waals surface area contributed by atoms with Gasteiger partial charge in [-0.2, -0.15) is 13.2 Å². The molecule has 0 bridgehead atoms. The number of aromatic nitrogens is 2. The van der Waals surface area contributed by atoms with Crippen LogP contribution in [0.4, 0.5) is 13.2 Å². The van der Waals surface area contributed by atoms with E-state index in [9.17, 15) is 18.0 Å². The molecule has 3 rings (SSSR count). The number of hydrogen-bond acceptors (Lipinski definition) is 2. The Morgan fingerprint density at radius 3 is 2.21 bits per heavy atom. The van der Waals surface area contributed by atoms with Crippen molar-refractivity contribution in [1.82, 2.24) is 9.78 Å². The van der Waals surface area contributed by atoms with Gasteiger partial charge in [-0.3, -0.25) is 9.89 Å². The predicted octanol–water partition coefficient (Wildman–Crippen LogP) is 4.99. The van der Waals surface area contributed by atoms with Crippen LogP contribution in [0.1, 0.15) is 5.69 Å². The molecule has 0 radical (unpaired) electrons. The third-order valence-corrected chi connectivity index (χ3v) is 4.52. The Morgan fingerprint density at radius 2 is 1.62 bits per heavy atom. The topological polar surface area (TPSA) is 37.8 Å². The minimum absolute atomic E-state index is 0.330. The number of para-hydroxylation sites is 1. The van der Waals surface area contributed by atoms with Gasteiger partial charge in [0.2, 0.25) is 0 Å². The summed E-state index contributed by atoms with van der Waals surface area (Å²) < 4.78 is 40.8. The molecule has 0 aliphatic heterocycles. The SMILES string of the molecule is O=c1c(Sc2ccc(Cl)cc2)c(C(F)(F)F)[nH]n1-c1ccccc1. The Labute approximate surface area is 144 Å². The largest absolute Gasteiger partial charge is 0.434 e. The van der Waals surface area contributed by atoms with Crippen LogP contribution >= 0.6 is 23.4 Å². The monoisotopic (exact) mass is 370 g/mol. The Balaban J connectivity index is 2.11. The van der Waals surface area contributed by atoms with Gasteiger partial charge in [-0.05, 0) is 36.4 Å². The molecular formula is C16H10ClF3N2OS. The smallest absolute Gasteiger partial charge is 0.285 e. The molecule has 0 amide bonds. The normalized spacial score (nSPS) is 11.7. The Hall–Kier alpha value is -2.12. The van der Waals surface area contributed by atoms with Crippen molar-refractivity contribution in [3.63, 3.8) is 0 Å². The van der Waals surface area contributed by atoms with E-state index in [0.717, 1.165) is 16.4 Å². The van der Waals surface area contributed by atoms with Crippen molar-refractivity contribution < 1.29 is 13.2 Å². The van der Waals surface area contributed by atoms with Gasteiger partial charge in [0, 0.05) is 9.92 Å². The highest BCUT2D eigenvalue weighted by molar-refractivity contribution is 7.99. The molecule has 124 valence electrons. The van der Waals surface area contributed by atoms with Crippen molar-refractivity contribution >= 4 is 23.4 Å². The van der Waals surface area contributed by atoms with Crippen molar-refractivity contribution in [1.29, 1.82) is 0 Å². The quantitative estimate of drug-likeness (QED) is 0.705. The maximum atomic E-state index is 13.3. The highest BCUT2D eigenvalue weighted by Crippen LogP contribution is 2.37. The molecule has 1 N–H and O–H groups in total. The second-order valence-corrected chi connectivity index (χ2v) is 6.37. The lowest BCUT2D eigenvalue weighted by Gasteiger charge is -2.06. The number of halogens is 4. The van der Waals surface area contributed by atoms with Crippen molar-refractivity contribution in [2.24, 2.45) is 0 Å². The zero-order valence-electron chi connectivity index (χ0n) is 12.0. The minimum Gasteiger partial charge on any atom is -0.285 e. The summed E-state index contributed by atoms with van der Waals surface area (Å²) in [5, 5.41) is 2.63. The van der Waals surface area contributed by atoms with E-state index >= 15 is 0 Å². The van der Waals surface area contributed by atoms with Crippen LogP contribution in [0.15, 0.2) is 69.2 Å². The number of nitrogens with zero attached hydrogens (tertiary/aromatic N) is 1. The summed E-state index contributed by atoms with van der Waals surface area (Å²) in [7, 11) is 0. The summed E-state index contributed by atoms with van der Waals surface area (Å²) >= 11 is 6.52. The lowest BCUT2D eigenvalue weighted by atomic mass is 10.3. The fourth-order valence-corrected chi connectivity index (χ4v) is 3.16. The predicted molar refractivity (Wildman–Crippen MR) is 87.0 cm³/mol. The Kier molecular flexibility index (Phi) is 4.47. The van der Waals surface area contributed by atoms with Crippen molar-refractivity contribution in [3.8, 4) is 5.69 Å². The number of rotatable bonds is 3. The number of alkyl halides is 3. The molecule has 1 heterocycles. The first-order chi connectivity index (χ1) is 11.4. The van der Waals surface area contributed by atoms with Gasteiger partial charge in [0.1, 0.15) is 4.90 Å². The molecule has 24 heavy (non-hydrogen) atoms. The van der Waals surface area contributed by atoms with Crippen molar-refractivity contribution in [2.45, 2.75) is 16.0 Å². The van der Waals surface area contributed by atoms with Gasteiger partial charge in [-0.25, -0.2) is 4.68 Å². The van der Waals surface area contributed by atoms with Crippen LogP contribution in [0.2, 0.25) is 5.02 Å². The molecule has 0 saturated heterocycles. The van der Waals surface area contributed by atoms with Gasteiger partial charge in [0.25, 0.3) is 5.56 Å². The minimum atomic E-state index is -4.67. The molecule has 1 aromatic heterocycles. The van der Waals surface area contributed by atoms with Crippen LogP contribution in [0.5, 0.6) is 0 Å². The summed E-state index contributed by atoms with van der Waals surface area (Å²) in [5.74, 6) is 0.